The fourth-order valence-electron chi connectivity index (χ4n) is 3.21. The van der Waals surface area contributed by atoms with E-state index in [0.29, 0.717) is 6.54 Å². The standard InChI is InChI=1S/C14H18ClN3/c1-18-12-8-10(15)4-5-11(12)17-13(18)14(9-16)6-2-3-7-14/h4-5,8H,2-3,6-7,9,16H2,1H3. The second-order valence-corrected chi connectivity index (χ2v) is 5.76. The zero-order valence-corrected chi connectivity index (χ0v) is 11.4. The van der Waals surface area contributed by atoms with Crippen molar-refractivity contribution in [3.05, 3.63) is 29.0 Å². The van der Waals surface area contributed by atoms with E-state index in [1.807, 2.05) is 18.2 Å². The fraction of sp³-hybridized carbons (Fsp3) is 0.500. The summed E-state index contributed by atoms with van der Waals surface area (Å²) < 4.78 is 2.17. The number of benzene rings is 1. The highest BCUT2D eigenvalue weighted by Gasteiger charge is 2.38. The maximum atomic E-state index is 6.06. The van der Waals surface area contributed by atoms with Gasteiger partial charge in [-0.05, 0) is 31.0 Å². The number of nitrogens with zero attached hydrogens (tertiary/aromatic N) is 2. The molecule has 3 nitrogen and oxygen atoms in total. The molecule has 1 aromatic carbocycles. The van der Waals surface area contributed by atoms with Crippen LogP contribution in [0.25, 0.3) is 11.0 Å². The van der Waals surface area contributed by atoms with Gasteiger partial charge in [-0.2, -0.15) is 0 Å². The summed E-state index contributed by atoms with van der Waals surface area (Å²) in [6.07, 6.45) is 4.80. The van der Waals surface area contributed by atoms with Gasteiger partial charge < -0.3 is 10.3 Å². The van der Waals surface area contributed by atoms with Gasteiger partial charge >= 0.3 is 0 Å². The van der Waals surface area contributed by atoms with Gasteiger partial charge in [0.15, 0.2) is 0 Å². The summed E-state index contributed by atoms with van der Waals surface area (Å²) in [5.74, 6) is 1.12. The lowest BCUT2D eigenvalue weighted by Gasteiger charge is -2.26. The molecule has 3 rings (SSSR count). The van der Waals surface area contributed by atoms with Crippen molar-refractivity contribution < 1.29 is 0 Å². The Labute approximate surface area is 112 Å². The fourth-order valence-corrected chi connectivity index (χ4v) is 3.37. The molecule has 2 N–H and O–H groups in total. The lowest BCUT2D eigenvalue weighted by Crippen LogP contribution is -2.34. The molecule has 2 aromatic rings. The first-order chi connectivity index (χ1) is 8.66. The molecule has 0 unspecified atom stereocenters. The molecule has 96 valence electrons. The second kappa shape index (κ2) is 4.25. The number of imidazole rings is 1. The van der Waals surface area contributed by atoms with E-state index >= 15 is 0 Å². The van der Waals surface area contributed by atoms with Gasteiger partial charge in [-0.15, -0.1) is 0 Å². The molecule has 1 heterocycles. The van der Waals surface area contributed by atoms with Crippen molar-refractivity contribution in [1.29, 1.82) is 0 Å². The van der Waals surface area contributed by atoms with Crippen molar-refractivity contribution in [3.8, 4) is 0 Å². The molecule has 1 fully saturated rings. The number of nitrogens with two attached hydrogens (primary N) is 1. The van der Waals surface area contributed by atoms with Crippen molar-refractivity contribution in [2.24, 2.45) is 12.8 Å². The van der Waals surface area contributed by atoms with Crippen LogP contribution in [0.2, 0.25) is 5.02 Å². The van der Waals surface area contributed by atoms with Crippen LogP contribution in [0.3, 0.4) is 0 Å². The number of hydrogen-bond acceptors (Lipinski definition) is 2. The average molecular weight is 264 g/mol. The minimum absolute atomic E-state index is 0.0697. The van der Waals surface area contributed by atoms with Crippen LogP contribution in [0.4, 0.5) is 0 Å². The van der Waals surface area contributed by atoms with Crippen LogP contribution < -0.4 is 5.73 Å². The molecule has 0 amide bonds. The van der Waals surface area contributed by atoms with Crippen LogP contribution >= 0.6 is 11.6 Å². The Balaban J connectivity index is 2.20. The largest absolute Gasteiger partial charge is 0.331 e. The lowest BCUT2D eigenvalue weighted by molar-refractivity contribution is 0.414. The number of aromatic nitrogens is 2. The maximum Gasteiger partial charge on any atom is 0.117 e. The van der Waals surface area contributed by atoms with Gasteiger partial charge in [0.05, 0.1) is 11.0 Å². The molecule has 1 aromatic heterocycles. The monoisotopic (exact) mass is 263 g/mol. The first-order valence-electron chi connectivity index (χ1n) is 6.49. The Morgan fingerprint density at radius 3 is 2.78 bits per heavy atom. The zero-order chi connectivity index (χ0) is 12.8. The summed E-state index contributed by atoms with van der Waals surface area (Å²) in [5, 5.41) is 0.755. The van der Waals surface area contributed by atoms with Gasteiger partial charge in [0.1, 0.15) is 5.82 Å². The Morgan fingerprint density at radius 2 is 2.11 bits per heavy atom. The van der Waals surface area contributed by atoms with E-state index in [1.54, 1.807) is 0 Å². The highest BCUT2D eigenvalue weighted by Crippen LogP contribution is 2.40. The SMILES string of the molecule is Cn1c(C2(CN)CCCC2)nc2ccc(Cl)cc21. The van der Waals surface area contributed by atoms with Crippen LogP contribution in [-0.2, 0) is 12.5 Å². The Morgan fingerprint density at radius 1 is 1.39 bits per heavy atom. The van der Waals surface area contributed by atoms with Crippen molar-refractivity contribution in [1.82, 2.24) is 9.55 Å². The maximum absolute atomic E-state index is 6.06. The van der Waals surface area contributed by atoms with E-state index in [-0.39, 0.29) is 5.41 Å². The molecule has 0 saturated heterocycles. The third-order valence-corrected chi connectivity index (χ3v) is 4.50. The predicted octanol–water partition coefficient (Wildman–Crippen LogP) is 3.00. The third-order valence-electron chi connectivity index (χ3n) is 4.27. The highest BCUT2D eigenvalue weighted by molar-refractivity contribution is 6.31. The Bertz CT molecular complexity index is 582. The van der Waals surface area contributed by atoms with Gasteiger partial charge in [0, 0.05) is 24.0 Å². The van der Waals surface area contributed by atoms with Crippen molar-refractivity contribution >= 4 is 22.6 Å². The minimum atomic E-state index is 0.0697. The molecule has 1 saturated carbocycles. The average Bonchev–Trinajstić information content (AvgIpc) is 2.96. The Hall–Kier alpha value is -1.06. The quantitative estimate of drug-likeness (QED) is 0.905. The molecule has 1 aliphatic carbocycles. The number of fused-ring (bicyclic) bond motifs is 1. The number of hydrogen-bond donors (Lipinski definition) is 1. The van der Waals surface area contributed by atoms with E-state index < -0.39 is 0 Å². The summed E-state index contributed by atoms with van der Waals surface area (Å²) >= 11 is 6.06. The van der Waals surface area contributed by atoms with Gasteiger partial charge in [0.2, 0.25) is 0 Å². The molecule has 18 heavy (non-hydrogen) atoms. The first kappa shape index (κ1) is 12.0. The molecule has 4 heteroatoms. The van der Waals surface area contributed by atoms with E-state index in [9.17, 15) is 0 Å². The molecule has 0 atom stereocenters. The van der Waals surface area contributed by atoms with Gasteiger partial charge in [-0.25, -0.2) is 4.98 Å². The van der Waals surface area contributed by atoms with E-state index in [2.05, 4.69) is 11.6 Å². The zero-order valence-electron chi connectivity index (χ0n) is 10.6. The molecule has 1 aliphatic rings. The van der Waals surface area contributed by atoms with Gasteiger partial charge in [0.25, 0.3) is 0 Å². The molecular formula is C14H18ClN3. The van der Waals surface area contributed by atoms with Crippen molar-refractivity contribution in [3.63, 3.8) is 0 Å². The van der Waals surface area contributed by atoms with Gasteiger partial charge in [-0.1, -0.05) is 24.4 Å². The van der Waals surface area contributed by atoms with E-state index in [1.165, 1.54) is 12.8 Å². The molecule has 0 bridgehead atoms. The lowest BCUT2D eigenvalue weighted by atomic mass is 9.85. The summed E-state index contributed by atoms with van der Waals surface area (Å²) in [5.41, 5.74) is 8.22. The van der Waals surface area contributed by atoms with Crippen LogP contribution in [0.1, 0.15) is 31.5 Å². The van der Waals surface area contributed by atoms with Crippen molar-refractivity contribution in [2.75, 3.05) is 6.54 Å². The predicted molar refractivity (Wildman–Crippen MR) is 74.9 cm³/mol. The Kier molecular flexibility index (Phi) is 2.83. The second-order valence-electron chi connectivity index (χ2n) is 5.32. The number of rotatable bonds is 2. The van der Waals surface area contributed by atoms with E-state index in [4.69, 9.17) is 22.3 Å². The smallest absolute Gasteiger partial charge is 0.117 e. The summed E-state index contributed by atoms with van der Waals surface area (Å²) in [7, 11) is 2.07. The highest BCUT2D eigenvalue weighted by atomic mass is 35.5. The third kappa shape index (κ3) is 1.65. The van der Waals surface area contributed by atoms with E-state index in [0.717, 1.165) is 34.7 Å². The topological polar surface area (TPSA) is 43.8 Å². The summed E-state index contributed by atoms with van der Waals surface area (Å²) in [4.78, 5) is 4.80. The van der Waals surface area contributed by atoms with Crippen LogP contribution in [0, 0.1) is 0 Å². The number of halogens is 1. The molecular weight excluding hydrogens is 246 g/mol. The van der Waals surface area contributed by atoms with Gasteiger partial charge in [-0.3, -0.25) is 0 Å². The first-order valence-corrected chi connectivity index (χ1v) is 6.87. The number of aryl methyl sites for hydroxylation is 1. The summed E-state index contributed by atoms with van der Waals surface area (Å²) in [6, 6.07) is 5.86. The molecule has 0 spiro atoms. The summed E-state index contributed by atoms with van der Waals surface area (Å²) in [6.45, 7) is 0.678. The minimum Gasteiger partial charge on any atom is -0.331 e. The van der Waals surface area contributed by atoms with Crippen molar-refractivity contribution in [2.45, 2.75) is 31.1 Å². The normalized spacial score (nSPS) is 18.6. The van der Waals surface area contributed by atoms with Crippen LogP contribution in [-0.4, -0.2) is 16.1 Å². The van der Waals surface area contributed by atoms with Crippen LogP contribution in [0.15, 0.2) is 18.2 Å². The molecule has 0 aliphatic heterocycles. The molecule has 0 radical (unpaired) electrons. The van der Waals surface area contributed by atoms with Crippen LogP contribution in [0.5, 0.6) is 0 Å².